The Kier molecular flexibility index (Phi) is 5.67. The average molecular weight is 440 g/mol. The Morgan fingerprint density at radius 1 is 1.15 bits per heavy atom. The molecule has 0 radical (unpaired) electrons. The van der Waals surface area contributed by atoms with Crippen molar-refractivity contribution < 1.29 is 13.2 Å². The quantitative estimate of drug-likeness (QED) is 0.726. The van der Waals surface area contributed by atoms with Gasteiger partial charge in [-0.15, -0.1) is 0 Å². The largest absolute Gasteiger partial charge is 0.362 e. The van der Waals surface area contributed by atoms with Crippen molar-refractivity contribution in [2.75, 3.05) is 32.7 Å². The molecule has 1 saturated heterocycles. The average Bonchev–Trinajstić information content (AvgIpc) is 2.94. The number of carbonyl (C=O) groups excluding carboxylic acids is 1. The third-order valence-electron chi connectivity index (χ3n) is 4.58. The van der Waals surface area contributed by atoms with Crippen LogP contribution in [0.5, 0.6) is 0 Å². The number of benzene rings is 1. The van der Waals surface area contributed by atoms with Crippen LogP contribution in [0.15, 0.2) is 39.7 Å². The van der Waals surface area contributed by atoms with Gasteiger partial charge in [-0.3, -0.25) is 9.69 Å². The van der Waals surface area contributed by atoms with Crippen molar-refractivity contribution in [3.63, 3.8) is 0 Å². The maximum Gasteiger partial charge on any atom is 0.243 e. The van der Waals surface area contributed by atoms with Gasteiger partial charge in [0.25, 0.3) is 0 Å². The summed E-state index contributed by atoms with van der Waals surface area (Å²) in [7, 11) is -3.51. The standard InChI is InChI=1S/C18H22BrN3O3S/c1-13-10-17(14(2)20-13)18(23)12-21-6-8-22(9-7-21)26(24,25)16-5-3-4-15(19)11-16/h3-5,10-11,20H,6-9,12H2,1-2H3. The van der Waals surface area contributed by atoms with E-state index in [-0.39, 0.29) is 10.7 Å². The summed E-state index contributed by atoms with van der Waals surface area (Å²) >= 11 is 3.31. The van der Waals surface area contributed by atoms with Crippen LogP contribution in [0.3, 0.4) is 0 Å². The maximum absolute atomic E-state index is 12.8. The van der Waals surface area contributed by atoms with Crippen LogP contribution in [-0.2, 0) is 10.0 Å². The maximum atomic E-state index is 12.8. The number of nitrogens with one attached hydrogen (secondary N) is 1. The molecule has 1 N–H and O–H groups in total. The number of aromatic nitrogens is 1. The Balaban J connectivity index is 1.62. The zero-order chi connectivity index (χ0) is 18.9. The molecule has 0 bridgehead atoms. The number of piperazine rings is 1. The van der Waals surface area contributed by atoms with Crippen LogP contribution >= 0.6 is 15.9 Å². The monoisotopic (exact) mass is 439 g/mol. The molecule has 0 amide bonds. The van der Waals surface area contributed by atoms with E-state index in [1.54, 1.807) is 24.3 Å². The van der Waals surface area contributed by atoms with Crippen molar-refractivity contribution in [2.24, 2.45) is 0 Å². The second-order valence-corrected chi connectivity index (χ2v) is 9.41. The number of hydrogen-bond donors (Lipinski definition) is 1. The molecule has 8 heteroatoms. The SMILES string of the molecule is Cc1cc(C(=O)CN2CCN(S(=O)(=O)c3cccc(Br)c3)CC2)c(C)[nH]1. The van der Waals surface area contributed by atoms with Gasteiger partial charge in [-0.05, 0) is 38.1 Å². The van der Waals surface area contributed by atoms with Crippen molar-refractivity contribution in [2.45, 2.75) is 18.7 Å². The Morgan fingerprint density at radius 3 is 2.42 bits per heavy atom. The first-order chi connectivity index (χ1) is 12.3. The van der Waals surface area contributed by atoms with Crippen LogP contribution in [0, 0.1) is 13.8 Å². The summed E-state index contributed by atoms with van der Waals surface area (Å²) < 4.78 is 27.7. The fourth-order valence-corrected chi connectivity index (χ4v) is 5.23. The fraction of sp³-hybridized carbons (Fsp3) is 0.389. The minimum atomic E-state index is -3.51. The van der Waals surface area contributed by atoms with Gasteiger partial charge in [-0.25, -0.2) is 8.42 Å². The molecule has 0 saturated carbocycles. The lowest BCUT2D eigenvalue weighted by atomic mass is 10.1. The zero-order valence-electron chi connectivity index (χ0n) is 14.8. The zero-order valence-corrected chi connectivity index (χ0v) is 17.2. The third-order valence-corrected chi connectivity index (χ3v) is 6.97. The third kappa shape index (κ3) is 4.09. The molecule has 6 nitrogen and oxygen atoms in total. The number of H-pyrrole nitrogens is 1. The lowest BCUT2D eigenvalue weighted by Crippen LogP contribution is -2.49. The van der Waals surface area contributed by atoms with Crippen LogP contribution in [-0.4, -0.2) is 61.1 Å². The van der Waals surface area contributed by atoms with Gasteiger partial charge in [0, 0.05) is 47.6 Å². The highest BCUT2D eigenvalue weighted by Gasteiger charge is 2.29. The first-order valence-electron chi connectivity index (χ1n) is 8.45. The number of nitrogens with zero attached hydrogens (tertiary/aromatic N) is 2. The Labute approximate surface area is 162 Å². The highest BCUT2D eigenvalue weighted by atomic mass is 79.9. The number of sulfonamides is 1. The minimum absolute atomic E-state index is 0.0650. The molecule has 3 rings (SSSR count). The topological polar surface area (TPSA) is 73.5 Å². The van der Waals surface area contributed by atoms with Crippen molar-refractivity contribution in [3.05, 3.63) is 51.8 Å². The Hall–Kier alpha value is -1.48. The smallest absolute Gasteiger partial charge is 0.243 e. The number of Topliss-reactive ketones (excluding diaryl/α,β-unsaturated/α-hetero) is 1. The molecule has 0 aliphatic carbocycles. The molecule has 0 spiro atoms. The first kappa shape index (κ1) is 19.3. The molecule has 140 valence electrons. The van der Waals surface area contributed by atoms with Crippen molar-refractivity contribution in [1.82, 2.24) is 14.2 Å². The molecular formula is C18H22BrN3O3S. The summed E-state index contributed by atoms with van der Waals surface area (Å²) in [5.74, 6) is 0.0650. The van der Waals surface area contributed by atoms with Gasteiger partial charge < -0.3 is 4.98 Å². The summed E-state index contributed by atoms with van der Waals surface area (Å²) in [4.78, 5) is 17.9. The number of halogens is 1. The molecule has 26 heavy (non-hydrogen) atoms. The highest BCUT2D eigenvalue weighted by molar-refractivity contribution is 9.10. The van der Waals surface area contributed by atoms with Crippen LogP contribution < -0.4 is 0 Å². The predicted octanol–water partition coefficient (Wildman–Crippen LogP) is 2.58. The van der Waals surface area contributed by atoms with Gasteiger partial charge >= 0.3 is 0 Å². The van der Waals surface area contributed by atoms with Crippen LogP contribution in [0.2, 0.25) is 0 Å². The second kappa shape index (κ2) is 7.64. The van der Waals surface area contributed by atoms with Crippen molar-refractivity contribution in [1.29, 1.82) is 0 Å². The predicted molar refractivity (Wildman–Crippen MR) is 104 cm³/mol. The number of ketones is 1. The Bertz CT molecular complexity index is 916. The van der Waals surface area contributed by atoms with Crippen molar-refractivity contribution in [3.8, 4) is 0 Å². The normalized spacial score (nSPS) is 16.7. The van der Waals surface area contributed by atoms with Gasteiger partial charge in [0.2, 0.25) is 10.0 Å². The van der Waals surface area contributed by atoms with E-state index in [1.165, 1.54) is 4.31 Å². The van der Waals surface area contributed by atoms with E-state index in [4.69, 9.17) is 0 Å². The van der Waals surface area contributed by atoms with E-state index in [0.717, 1.165) is 15.9 Å². The van der Waals surface area contributed by atoms with Gasteiger partial charge in [0.05, 0.1) is 11.4 Å². The number of carbonyl (C=O) groups is 1. The van der Waals surface area contributed by atoms with E-state index >= 15 is 0 Å². The number of aryl methyl sites for hydroxylation is 2. The summed E-state index contributed by atoms with van der Waals surface area (Å²) in [6.45, 7) is 5.98. The molecule has 1 aliphatic rings. The molecular weight excluding hydrogens is 418 g/mol. The van der Waals surface area contributed by atoms with Gasteiger partial charge in [-0.2, -0.15) is 4.31 Å². The van der Waals surface area contributed by atoms with E-state index < -0.39 is 10.0 Å². The number of hydrogen-bond acceptors (Lipinski definition) is 4. The number of rotatable bonds is 5. The van der Waals surface area contributed by atoms with E-state index in [1.807, 2.05) is 24.8 Å². The summed E-state index contributed by atoms with van der Waals surface area (Å²) in [5.41, 5.74) is 2.56. The van der Waals surface area contributed by atoms with Crippen LogP contribution in [0.4, 0.5) is 0 Å². The van der Waals surface area contributed by atoms with Gasteiger partial charge in [-0.1, -0.05) is 22.0 Å². The van der Waals surface area contributed by atoms with Gasteiger partial charge in [0.1, 0.15) is 0 Å². The van der Waals surface area contributed by atoms with Crippen LogP contribution in [0.1, 0.15) is 21.7 Å². The van der Waals surface area contributed by atoms with E-state index in [0.29, 0.717) is 38.3 Å². The molecule has 2 heterocycles. The Morgan fingerprint density at radius 2 is 1.85 bits per heavy atom. The van der Waals surface area contributed by atoms with E-state index in [2.05, 4.69) is 20.9 Å². The first-order valence-corrected chi connectivity index (χ1v) is 10.7. The summed E-state index contributed by atoms with van der Waals surface area (Å²) in [5, 5.41) is 0. The lowest BCUT2D eigenvalue weighted by Gasteiger charge is -2.33. The molecule has 2 aromatic rings. The molecule has 1 aromatic heterocycles. The van der Waals surface area contributed by atoms with Crippen LogP contribution in [0.25, 0.3) is 0 Å². The molecule has 0 unspecified atom stereocenters. The second-order valence-electron chi connectivity index (χ2n) is 6.55. The summed E-state index contributed by atoms with van der Waals surface area (Å²) in [6.07, 6.45) is 0. The van der Waals surface area contributed by atoms with Crippen molar-refractivity contribution >= 4 is 31.7 Å². The fourth-order valence-electron chi connectivity index (χ4n) is 3.21. The number of aromatic amines is 1. The van der Waals surface area contributed by atoms with E-state index in [9.17, 15) is 13.2 Å². The molecule has 1 aromatic carbocycles. The highest BCUT2D eigenvalue weighted by Crippen LogP contribution is 2.21. The van der Waals surface area contributed by atoms with Gasteiger partial charge in [0.15, 0.2) is 5.78 Å². The summed E-state index contributed by atoms with van der Waals surface area (Å²) in [6, 6.07) is 8.60. The molecule has 0 atom stereocenters. The lowest BCUT2D eigenvalue weighted by molar-refractivity contribution is 0.0901. The molecule has 1 fully saturated rings. The molecule has 1 aliphatic heterocycles. The minimum Gasteiger partial charge on any atom is -0.362 e.